The number of carbonyl (C=O) groups excluding carboxylic acids is 2. The molecular formula is C14H18O3. The number of ether oxygens (including phenoxy) is 1. The Balaban J connectivity index is 2.74. The molecule has 0 atom stereocenters. The Morgan fingerprint density at radius 2 is 2.00 bits per heavy atom. The highest BCUT2D eigenvalue weighted by molar-refractivity contribution is 5.72. The molecule has 1 aromatic carbocycles. The van der Waals surface area contributed by atoms with Gasteiger partial charge in [0.2, 0.25) is 0 Å². The molecule has 92 valence electrons. The summed E-state index contributed by atoms with van der Waals surface area (Å²) in [4.78, 5) is 21.7. The lowest BCUT2D eigenvalue weighted by Gasteiger charge is -2.06. The quantitative estimate of drug-likeness (QED) is 0.560. The van der Waals surface area contributed by atoms with Crippen molar-refractivity contribution >= 4 is 12.3 Å². The Morgan fingerprint density at radius 1 is 1.29 bits per heavy atom. The van der Waals surface area contributed by atoms with Crippen molar-refractivity contribution in [3.63, 3.8) is 0 Å². The highest BCUT2D eigenvalue weighted by Crippen LogP contribution is 2.12. The minimum atomic E-state index is -0.209. The zero-order valence-electron chi connectivity index (χ0n) is 10.4. The van der Waals surface area contributed by atoms with Crippen molar-refractivity contribution in [2.45, 2.75) is 33.1 Å². The maximum absolute atomic E-state index is 11.4. The molecule has 0 saturated carbocycles. The van der Waals surface area contributed by atoms with E-state index in [0.29, 0.717) is 19.4 Å². The second-order valence-corrected chi connectivity index (χ2v) is 4.01. The van der Waals surface area contributed by atoms with Crippen LogP contribution in [0.3, 0.4) is 0 Å². The lowest BCUT2D eigenvalue weighted by atomic mass is 10.0. The largest absolute Gasteiger partial charge is 0.466 e. The number of carbonyl (C=O) groups is 2. The van der Waals surface area contributed by atoms with Crippen LogP contribution >= 0.6 is 0 Å². The Hall–Kier alpha value is -1.64. The van der Waals surface area contributed by atoms with Gasteiger partial charge in [-0.05, 0) is 31.4 Å². The van der Waals surface area contributed by atoms with Gasteiger partial charge in [-0.25, -0.2) is 0 Å². The average Bonchev–Trinajstić information content (AvgIpc) is 2.25. The summed E-state index contributed by atoms with van der Waals surface area (Å²) in [6.07, 6.45) is 2.44. The average molecular weight is 234 g/mol. The number of esters is 1. The fourth-order valence-electron chi connectivity index (χ4n) is 1.80. The van der Waals surface area contributed by atoms with Crippen molar-refractivity contribution in [1.29, 1.82) is 0 Å². The highest BCUT2D eigenvalue weighted by Gasteiger charge is 2.05. The van der Waals surface area contributed by atoms with Gasteiger partial charge in [0, 0.05) is 6.42 Å². The van der Waals surface area contributed by atoms with Gasteiger partial charge in [0.25, 0.3) is 0 Å². The Kier molecular flexibility index (Phi) is 5.40. The molecule has 0 radical (unpaired) electrons. The van der Waals surface area contributed by atoms with Gasteiger partial charge in [-0.15, -0.1) is 0 Å². The van der Waals surface area contributed by atoms with Gasteiger partial charge in [0.1, 0.15) is 6.29 Å². The molecule has 0 fully saturated rings. The van der Waals surface area contributed by atoms with E-state index in [2.05, 4.69) is 0 Å². The van der Waals surface area contributed by atoms with E-state index in [0.717, 1.165) is 29.4 Å². The summed E-state index contributed by atoms with van der Waals surface area (Å²) < 4.78 is 4.91. The molecule has 0 unspecified atom stereocenters. The van der Waals surface area contributed by atoms with E-state index in [-0.39, 0.29) is 5.97 Å². The molecule has 17 heavy (non-hydrogen) atoms. The molecule has 1 aromatic rings. The monoisotopic (exact) mass is 234 g/mol. The van der Waals surface area contributed by atoms with E-state index in [1.807, 2.05) is 25.1 Å². The van der Waals surface area contributed by atoms with Gasteiger partial charge >= 0.3 is 5.97 Å². The summed E-state index contributed by atoms with van der Waals surface area (Å²) >= 11 is 0. The fourth-order valence-corrected chi connectivity index (χ4v) is 1.80. The number of benzene rings is 1. The molecule has 0 amide bonds. The maximum atomic E-state index is 11.4. The van der Waals surface area contributed by atoms with E-state index in [4.69, 9.17) is 4.74 Å². The van der Waals surface area contributed by atoms with E-state index in [1.165, 1.54) is 0 Å². The molecule has 0 bridgehead atoms. The first-order valence-corrected chi connectivity index (χ1v) is 5.84. The molecule has 0 spiro atoms. The van der Waals surface area contributed by atoms with Crippen LogP contribution in [0.25, 0.3) is 0 Å². The second-order valence-electron chi connectivity index (χ2n) is 4.01. The van der Waals surface area contributed by atoms with Gasteiger partial charge in [-0.3, -0.25) is 4.79 Å². The summed E-state index contributed by atoms with van der Waals surface area (Å²) in [7, 11) is 0. The summed E-state index contributed by atoms with van der Waals surface area (Å²) in [5.74, 6) is -0.209. The van der Waals surface area contributed by atoms with Crippen LogP contribution in [-0.4, -0.2) is 18.9 Å². The number of hydrogen-bond acceptors (Lipinski definition) is 3. The Labute approximate surface area is 102 Å². The molecule has 0 aliphatic rings. The molecule has 1 rings (SSSR count). The molecule has 0 aliphatic carbocycles. The van der Waals surface area contributed by atoms with Crippen LogP contribution in [0.15, 0.2) is 18.2 Å². The first kappa shape index (κ1) is 13.4. The van der Waals surface area contributed by atoms with Crippen LogP contribution in [0.5, 0.6) is 0 Å². The third kappa shape index (κ3) is 4.81. The molecule has 0 aromatic heterocycles. The normalized spacial score (nSPS) is 10.0. The van der Waals surface area contributed by atoms with Crippen molar-refractivity contribution in [3.05, 3.63) is 34.9 Å². The van der Waals surface area contributed by atoms with Crippen LogP contribution in [0.2, 0.25) is 0 Å². The zero-order chi connectivity index (χ0) is 12.7. The van der Waals surface area contributed by atoms with Crippen molar-refractivity contribution < 1.29 is 14.3 Å². The molecule has 0 saturated heterocycles. The third-order valence-electron chi connectivity index (χ3n) is 2.40. The number of rotatable bonds is 6. The first-order valence-electron chi connectivity index (χ1n) is 5.84. The van der Waals surface area contributed by atoms with Gasteiger partial charge < -0.3 is 9.53 Å². The van der Waals surface area contributed by atoms with Crippen LogP contribution in [-0.2, 0) is 27.2 Å². The number of aryl methyl sites for hydroxylation is 2. The second kappa shape index (κ2) is 6.84. The topological polar surface area (TPSA) is 43.4 Å². The third-order valence-corrected chi connectivity index (χ3v) is 2.40. The predicted octanol–water partition coefficient (Wildman–Crippen LogP) is 2.23. The Morgan fingerprint density at radius 3 is 2.65 bits per heavy atom. The number of aldehydes is 1. The SMILES string of the molecule is CCOC(=O)Cc1cc(C)cc(CCC=O)c1. The smallest absolute Gasteiger partial charge is 0.310 e. The highest BCUT2D eigenvalue weighted by atomic mass is 16.5. The zero-order valence-corrected chi connectivity index (χ0v) is 10.4. The van der Waals surface area contributed by atoms with Gasteiger partial charge in [0.15, 0.2) is 0 Å². The van der Waals surface area contributed by atoms with E-state index < -0.39 is 0 Å². The van der Waals surface area contributed by atoms with Crippen molar-refractivity contribution in [3.8, 4) is 0 Å². The van der Waals surface area contributed by atoms with Crippen LogP contribution in [0.4, 0.5) is 0 Å². The van der Waals surface area contributed by atoms with Crippen molar-refractivity contribution in [2.75, 3.05) is 6.61 Å². The van der Waals surface area contributed by atoms with Gasteiger partial charge in [0.05, 0.1) is 13.0 Å². The summed E-state index contributed by atoms with van der Waals surface area (Å²) in [5, 5.41) is 0. The van der Waals surface area contributed by atoms with E-state index >= 15 is 0 Å². The van der Waals surface area contributed by atoms with E-state index in [9.17, 15) is 9.59 Å². The van der Waals surface area contributed by atoms with Crippen LogP contribution in [0.1, 0.15) is 30.0 Å². The maximum Gasteiger partial charge on any atom is 0.310 e. The summed E-state index contributed by atoms with van der Waals surface area (Å²) in [6, 6.07) is 5.98. The molecule has 0 N–H and O–H groups in total. The lowest BCUT2D eigenvalue weighted by molar-refractivity contribution is -0.142. The standard InChI is InChI=1S/C14H18O3/c1-3-17-14(16)10-13-8-11(2)7-12(9-13)5-4-6-15/h6-9H,3-5,10H2,1-2H3. The molecule has 3 nitrogen and oxygen atoms in total. The van der Waals surface area contributed by atoms with Crippen LogP contribution in [0, 0.1) is 6.92 Å². The van der Waals surface area contributed by atoms with Gasteiger partial charge in [-0.2, -0.15) is 0 Å². The van der Waals surface area contributed by atoms with Crippen LogP contribution < -0.4 is 0 Å². The minimum absolute atomic E-state index is 0.209. The van der Waals surface area contributed by atoms with Crippen molar-refractivity contribution in [1.82, 2.24) is 0 Å². The molecular weight excluding hydrogens is 216 g/mol. The predicted molar refractivity (Wildman–Crippen MR) is 65.9 cm³/mol. The molecule has 0 aliphatic heterocycles. The van der Waals surface area contributed by atoms with Crippen molar-refractivity contribution in [2.24, 2.45) is 0 Å². The molecule has 3 heteroatoms. The Bertz CT molecular complexity index is 396. The summed E-state index contributed by atoms with van der Waals surface area (Å²) in [6.45, 7) is 4.19. The van der Waals surface area contributed by atoms with E-state index in [1.54, 1.807) is 6.92 Å². The fraction of sp³-hybridized carbons (Fsp3) is 0.429. The summed E-state index contributed by atoms with van der Waals surface area (Å²) in [5.41, 5.74) is 3.15. The first-order chi connectivity index (χ1) is 8.15. The molecule has 0 heterocycles. The minimum Gasteiger partial charge on any atom is -0.466 e. The number of hydrogen-bond donors (Lipinski definition) is 0. The van der Waals surface area contributed by atoms with Gasteiger partial charge in [-0.1, -0.05) is 23.8 Å². The lowest BCUT2D eigenvalue weighted by Crippen LogP contribution is -2.08.